The van der Waals surface area contributed by atoms with E-state index >= 15 is 0 Å². The molecule has 0 aromatic heterocycles. The molecule has 0 spiro atoms. The van der Waals surface area contributed by atoms with Crippen LogP contribution in [0.2, 0.25) is 0 Å². The van der Waals surface area contributed by atoms with Crippen LogP contribution < -0.4 is 5.32 Å². The number of rotatable bonds is 2. The van der Waals surface area contributed by atoms with Gasteiger partial charge in [-0.3, -0.25) is 0 Å². The summed E-state index contributed by atoms with van der Waals surface area (Å²) in [5, 5.41) is 2.91. The van der Waals surface area contributed by atoms with Crippen LogP contribution in [0, 0.1) is 23.5 Å². The van der Waals surface area contributed by atoms with Crippen LogP contribution in [0.5, 0.6) is 0 Å². The Morgan fingerprint density at radius 1 is 1.36 bits per heavy atom. The summed E-state index contributed by atoms with van der Waals surface area (Å²) in [6.45, 7) is 0.740. The van der Waals surface area contributed by atoms with E-state index in [0.717, 1.165) is 12.6 Å². The predicted octanol–water partition coefficient (Wildman–Crippen LogP) is 1.93. The fraction of sp³-hybridized carbons (Fsp3) is 0.273. The maximum Gasteiger partial charge on any atom is 0.174 e. The van der Waals surface area contributed by atoms with E-state index in [4.69, 9.17) is 0 Å². The molecule has 74 valence electrons. The average molecular weight is 195 g/mol. The van der Waals surface area contributed by atoms with Gasteiger partial charge in [0.2, 0.25) is 0 Å². The molecule has 0 unspecified atom stereocenters. The third kappa shape index (κ3) is 2.82. The van der Waals surface area contributed by atoms with Crippen molar-refractivity contribution < 1.29 is 8.78 Å². The molecule has 0 amide bonds. The molecule has 0 fully saturated rings. The number of nitrogens with one attached hydrogen (secondary N) is 1. The van der Waals surface area contributed by atoms with E-state index in [2.05, 4.69) is 17.2 Å². The summed E-state index contributed by atoms with van der Waals surface area (Å²) in [4.78, 5) is 0. The second kappa shape index (κ2) is 5.36. The van der Waals surface area contributed by atoms with Crippen molar-refractivity contribution >= 4 is 0 Å². The smallest absolute Gasteiger partial charge is 0.174 e. The van der Waals surface area contributed by atoms with Crippen LogP contribution in [0.4, 0.5) is 8.78 Å². The molecule has 3 heteroatoms. The Labute approximate surface area is 82.1 Å². The van der Waals surface area contributed by atoms with Gasteiger partial charge in [-0.2, -0.15) is 0 Å². The fourth-order valence-corrected chi connectivity index (χ4v) is 0.946. The number of hydrogen-bond donors (Lipinski definition) is 1. The molecule has 1 N–H and O–H groups in total. The highest BCUT2D eigenvalue weighted by Crippen LogP contribution is 2.09. The Kier molecular flexibility index (Phi) is 4.09. The topological polar surface area (TPSA) is 12.0 Å². The number of benzene rings is 1. The highest BCUT2D eigenvalue weighted by atomic mass is 19.2. The Morgan fingerprint density at radius 2 is 2.14 bits per heavy atom. The van der Waals surface area contributed by atoms with Crippen molar-refractivity contribution in [1.29, 1.82) is 0 Å². The monoisotopic (exact) mass is 195 g/mol. The van der Waals surface area contributed by atoms with Crippen molar-refractivity contribution in [3.8, 4) is 11.8 Å². The van der Waals surface area contributed by atoms with Crippen LogP contribution in [0.15, 0.2) is 18.2 Å². The van der Waals surface area contributed by atoms with E-state index in [1.54, 1.807) is 0 Å². The molecule has 0 saturated carbocycles. The number of halogens is 2. The Morgan fingerprint density at radius 3 is 2.86 bits per heavy atom. The first-order valence-corrected chi connectivity index (χ1v) is 4.33. The zero-order chi connectivity index (χ0) is 10.4. The second-order valence-corrected chi connectivity index (χ2v) is 2.76. The second-order valence-electron chi connectivity index (χ2n) is 2.76. The van der Waals surface area contributed by atoms with Crippen LogP contribution in [0.25, 0.3) is 0 Å². The molecule has 0 radical (unpaired) electrons. The van der Waals surface area contributed by atoms with Gasteiger partial charge >= 0.3 is 0 Å². The highest BCUT2D eigenvalue weighted by molar-refractivity contribution is 5.35. The normalized spacial score (nSPS) is 9.36. The summed E-state index contributed by atoms with van der Waals surface area (Å²) in [6, 6.07) is 3.99. The summed E-state index contributed by atoms with van der Waals surface area (Å²) in [5.41, 5.74) is 0.112. The Hall–Kier alpha value is -1.40. The zero-order valence-corrected chi connectivity index (χ0v) is 7.90. The molecule has 14 heavy (non-hydrogen) atoms. The van der Waals surface area contributed by atoms with Crippen molar-refractivity contribution in [2.75, 3.05) is 13.6 Å². The largest absolute Gasteiger partial charge is 0.319 e. The van der Waals surface area contributed by atoms with Crippen molar-refractivity contribution in [3.05, 3.63) is 35.4 Å². The van der Waals surface area contributed by atoms with Crippen molar-refractivity contribution in [2.45, 2.75) is 6.42 Å². The van der Waals surface area contributed by atoms with Gasteiger partial charge in [-0.25, -0.2) is 8.78 Å². The third-order valence-electron chi connectivity index (χ3n) is 1.67. The first kappa shape index (κ1) is 10.7. The Balaban J connectivity index is 2.74. The van der Waals surface area contributed by atoms with Crippen molar-refractivity contribution in [1.82, 2.24) is 5.32 Å². The van der Waals surface area contributed by atoms with Crippen molar-refractivity contribution in [3.63, 3.8) is 0 Å². The summed E-state index contributed by atoms with van der Waals surface area (Å²) < 4.78 is 25.7. The van der Waals surface area contributed by atoms with Crippen molar-refractivity contribution in [2.24, 2.45) is 0 Å². The van der Waals surface area contributed by atoms with Gasteiger partial charge in [0.1, 0.15) is 0 Å². The average Bonchev–Trinajstić information content (AvgIpc) is 2.19. The van der Waals surface area contributed by atoms with Gasteiger partial charge in [-0.15, -0.1) is 0 Å². The fourth-order valence-electron chi connectivity index (χ4n) is 0.946. The molecule has 1 aromatic carbocycles. The molecule has 1 rings (SSSR count). The number of hydrogen-bond acceptors (Lipinski definition) is 1. The van der Waals surface area contributed by atoms with Crippen LogP contribution in [-0.4, -0.2) is 13.6 Å². The summed E-state index contributed by atoms with van der Waals surface area (Å²) in [6.07, 6.45) is 0.618. The third-order valence-corrected chi connectivity index (χ3v) is 1.67. The summed E-state index contributed by atoms with van der Waals surface area (Å²) >= 11 is 0. The summed E-state index contributed by atoms with van der Waals surface area (Å²) in [7, 11) is 1.81. The van der Waals surface area contributed by atoms with E-state index < -0.39 is 11.6 Å². The van der Waals surface area contributed by atoms with Gasteiger partial charge in [0.05, 0.1) is 5.56 Å². The highest BCUT2D eigenvalue weighted by Gasteiger charge is 2.03. The van der Waals surface area contributed by atoms with Gasteiger partial charge in [-0.05, 0) is 19.2 Å². The van der Waals surface area contributed by atoms with Gasteiger partial charge < -0.3 is 5.32 Å². The molecule has 1 nitrogen and oxygen atoms in total. The quantitative estimate of drug-likeness (QED) is 0.561. The zero-order valence-electron chi connectivity index (χ0n) is 7.90. The van der Waals surface area contributed by atoms with Crippen LogP contribution >= 0.6 is 0 Å². The van der Waals surface area contributed by atoms with Crippen LogP contribution in [-0.2, 0) is 0 Å². The van der Waals surface area contributed by atoms with Gasteiger partial charge in [-0.1, -0.05) is 17.9 Å². The van der Waals surface area contributed by atoms with Gasteiger partial charge in [0, 0.05) is 13.0 Å². The minimum Gasteiger partial charge on any atom is -0.319 e. The molecule has 0 aliphatic heterocycles. The van der Waals surface area contributed by atoms with Crippen LogP contribution in [0.3, 0.4) is 0 Å². The standard InChI is InChI=1S/C11H11F2N/c1-14-8-3-2-5-9-6-4-7-10(12)11(9)13/h4,6-7,14H,3,8H2,1H3. The predicted molar refractivity (Wildman–Crippen MR) is 51.8 cm³/mol. The molecule has 0 aliphatic carbocycles. The molecular formula is C11H11F2N. The van der Waals surface area contributed by atoms with E-state index in [1.165, 1.54) is 12.1 Å². The molecule has 0 aliphatic rings. The maximum atomic E-state index is 13.0. The molecular weight excluding hydrogens is 184 g/mol. The lowest BCUT2D eigenvalue weighted by Gasteiger charge is -1.94. The molecule has 0 bridgehead atoms. The van der Waals surface area contributed by atoms with Gasteiger partial charge in [0.25, 0.3) is 0 Å². The Bertz CT molecular complexity index is 363. The van der Waals surface area contributed by atoms with E-state index in [1.807, 2.05) is 7.05 Å². The molecule has 0 saturated heterocycles. The minimum atomic E-state index is -0.871. The van der Waals surface area contributed by atoms with E-state index in [0.29, 0.717) is 6.42 Å². The molecule has 0 heterocycles. The lowest BCUT2D eigenvalue weighted by molar-refractivity contribution is 0.506. The molecule has 1 aromatic rings. The lowest BCUT2D eigenvalue weighted by atomic mass is 10.2. The maximum absolute atomic E-state index is 13.0. The minimum absolute atomic E-state index is 0.112. The SMILES string of the molecule is CNCCC#Cc1cccc(F)c1F. The first-order valence-electron chi connectivity index (χ1n) is 4.33. The first-order chi connectivity index (χ1) is 6.75. The molecule has 0 atom stereocenters. The summed E-state index contributed by atoms with van der Waals surface area (Å²) in [5.74, 6) is 3.61. The lowest BCUT2D eigenvalue weighted by Crippen LogP contribution is -2.05. The van der Waals surface area contributed by atoms with Crippen LogP contribution in [0.1, 0.15) is 12.0 Å². The van der Waals surface area contributed by atoms with Gasteiger partial charge in [0.15, 0.2) is 11.6 Å². The van der Waals surface area contributed by atoms with E-state index in [9.17, 15) is 8.78 Å². The van der Waals surface area contributed by atoms with E-state index in [-0.39, 0.29) is 5.56 Å².